The molecule has 5 rings (SSSR count). The highest BCUT2D eigenvalue weighted by Gasteiger charge is 2.66. The predicted octanol–water partition coefficient (Wildman–Crippen LogP) is 8.50. The van der Waals surface area contributed by atoms with Gasteiger partial charge in [0, 0.05) is 18.6 Å². The number of ether oxygens (including phenoxy) is 2. The van der Waals surface area contributed by atoms with E-state index >= 15 is 0 Å². The van der Waals surface area contributed by atoms with Gasteiger partial charge in [-0.25, -0.2) is 0 Å². The van der Waals surface area contributed by atoms with Crippen LogP contribution in [0, 0.1) is 52.3 Å². The number of fused-ring (bicyclic) bond motifs is 6. The minimum absolute atomic E-state index is 0.0633. The Bertz CT molecular complexity index is 788. The second-order valence-corrected chi connectivity index (χ2v) is 15.9. The molecule has 0 aromatic carbocycles. The van der Waals surface area contributed by atoms with Crippen molar-refractivity contribution in [3.05, 3.63) is 0 Å². The van der Waals surface area contributed by atoms with Crippen molar-refractivity contribution in [1.82, 2.24) is 0 Å². The van der Waals surface area contributed by atoms with Crippen molar-refractivity contribution in [2.75, 3.05) is 12.4 Å². The summed E-state index contributed by atoms with van der Waals surface area (Å²) in [6, 6.07) is 0. The zero-order valence-electron chi connectivity index (χ0n) is 24.2. The molecule has 5 fully saturated rings. The molecule has 1 aliphatic heterocycles. The summed E-state index contributed by atoms with van der Waals surface area (Å²) in [4.78, 5) is 11.5. The maximum absolute atomic E-state index is 11.6. The number of carbonyl (C=O) groups is 1. The van der Waals surface area contributed by atoms with Crippen LogP contribution in [-0.4, -0.2) is 29.4 Å². The SMILES string of the molecule is CC(=O)OC1CO[C@@]2(C[C@H]3[C@@H]4CC[C@H]([C@H](C)CCCC(C)C)[C@@]4(C)CC[C@@H]3[C@@]3(C)CCCC[C@@H]32)SC1. The molecule has 36 heavy (non-hydrogen) atoms. The summed E-state index contributed by atoms with van der Waals surface area (Å²) in [6.07, 6.45) is 16.6. The maximum Gasteiger partial charge on any atom is 0.303 e. The largest absolute Gasteiger partial charge is 0.459 e. The Morgan fingerprint density at radius 1 is 1.00 bits per heavy atom. The molecule has 1 unspecified atom stereocenters. The molecular formula is C32H54O3S. The number of esters is 1. The summed E-state index contributed by atoms with van der Waals surface area (Å²) in [7, 11) is 0. The van der Waals surface area contributed by atoms with E-state index in [1.54, 1.807) is 0 Å². The number of hydrogen-bond donors (Lipinski definition) is 0. The van der Waals surface area contributed by atoms with Gasteiger partial charge in [-0.15, -0.1) is 11.8 Å². The highest BCUT2D eigenvalue weighted by Crippen LogP contribution is 2.72. The van der Waals surface area contributed by atoms with Gasteiger partial charge < -0.3 is 9.47 Å². The molecular weight excluding hydrogens is 464 g/mol. The average Bonchev–Trinajstić information content (AvgIpc) is 3.17. The molecule has 3 nitrogen and oxygen atoms in total. The Morgan fingerprint density at radius 3 is 2.47 bits per heavy atom. The van der Waals surface area contributed by atoms with Gasteiger partial charge in [-0.05, 0) is 91.3 Å². The van der Waals surface area contributed by atoms with E-state index in [1.165, 1.54) is 84.0 Å². The average molecular weight is 519 g/mol. The molecule has 10 atom stereocenters. The van der Waals surface area contributed by atoms with E-state index < -0.39 is 0 Å². The molecule has 0 bridgehead atoms. The number of rotatable bonds is 6. The van der Waals surface area contributed by atoms with Crippen molar-refractivity contribution in [2.24, 2.45) is 52.3 Å². The minimum Gasteiger partial charge on any atom is -0.459 e. The first-order chi connectivity index (χ1) is 17.1. The van der Waals surface area contributed by atoms with E-state index in [2.05, 4.69) is 34.6 Å². The Morgan fingerprint density at radius 2 is 1.78 bits per heavy atom. The summed E-state index contributed by atoms with van der Waals surface area (Å²) in [5, 5.41) is 0. The van der Waals surface area contributed by atoms with Crippen LogP contribution in [0.3, 0.4) is 0 Å². The molecule has 1 spiro atoms. The summed E-state index contributed by atoms with van der Waals surface area (Å²) in [5.74, 6) is 6.50. The second-order valence-electron chi connectivity index (χ2n) is 14.6. The van der Waals surface area contributed by atoms with Crippen molar-refractivity contribution in [2.45, 2.75) is 130 Å². The van der Waals surface area contributed by atoms with Gasteiger partial charge in [-0.2, -0.15) is 0 Å². The van der Waals surface area contributed by atoms with Crippen LogP contribution in [0.4, 0.5) is 0 Å². The molecule has 0 aromatic heterocycles. The van der Waals surface area contributed by atoms with Crippen molar-refractivity contribution in [3.8, 4) is 0 Å². The number of thioether (sulfide) groups is 1. The Balaban J connectivity index is 1.37. The smallest absolute Gasteiger partial charge is 0.303 e. The van der Waals surface area contributed by atoms with Gasteiger partial charge in [0.25, 0.3) is 0 Å². The van der Waals surface area contributed by atoms with Gasteiger partial charge in [0.15, 0.2) is 0 Å². The first kappa shape index (κ1) is 27.4. The molecule has 0 N–H and O–H groups in total. The second kappa shape index (κ2) is 10.4. The molecule has 5 aliphatic rings. The zero-order chi connectivity index (χ0) is 25.7. The standard InChI is InChI=1S/C32H54O3S/c1-21(2)10-9-11-22(3)26-13-14-27-25-18-32(34-19-24(20-36-32)35-23(4)33)29-12-7-8-16-31(29,6)28(25)15-17-30(26,27)5/h21-22,24-29H,7-20H2,1-6H3/t22-,24?,25+,26-,27+,28+,29+,30-,31-,32+/m1/s1. The van der Waals surface area contributed by atoms with Crippen LogP contribution in [0.15, 0.2) is 0 Å². The summed E-state index contributed by atoms with van der Waals surface area (Å²) < 4.78 is 12.5. The monoisotopic (exact) mass is 518 g/mol. The van der Waals surface area contributed by atoms with Crippen LogP contribution in [0.25, 0.3) is 0 Å². The van der Waals surface area contributed by atoms with E-state index in [0.717, 1.165) is 41.3 Å². The molecule has 1 heterocycles. The molecule has 206 valence electrons. The summed E-state index contributed by atoms with van der Waals surface area (Å²) in [6.45, 7) is 14.8. The van der Waals surface area contributed by atoms with Crippen molar-refractivity contribution >= 4 is 17.7 Å². The van der Waals surface area contributed by atoms with Crippen LogP contribution in [0.5, 0.6) is 0 Å². The zero-order valence-corrected chi connectivity index (χ0v) is 25.0. The normalized spacial score (nSPS) is 47.2. The fourth-order valence-corrected chi connectivity index (χ4v) is 12.3. The van der Waals surface area contributed by atoms with Gasteiger partial charge >= 0.3 is 5.97 Å². The fraction of sp³-hybridized carbons (Fsp3) is 0.969. The lowest BCUT2D eigenvalue weighted by Crippen LogP contribution is -2.63. The van der Waals surface area contributed by atoms with Gasteiger partial charge in [-0.3, -0.25) is 4.79 Å². The highest BCUT2D eigenvalue weighted by molar-refractivity contribution is 8.00. The van der Waals surface area contributed by atoms with E-state index in [9.17, 15) is 4.79 Å². The Hall–Kier alpha value is -0.220. The lowest BCUT2D eigenvalue weighted by molar-refractivity contribution is -0.201. The van der Waals surface area contributed by atoms with Gasteiger partial charge in [0.1, 0.15) is 11.0 Å². The third-order valence-electron chi connectivity index (χ3n) is 12.2. The van der Waals surface area contributed by atoms with E-state index in [-0.39, 0.29) is 17.0 Å². The lowest BCUT2D eigenvalue weighted by Gasteiger charge is -2.66. The Labute approximate surface area is 226 Å². The molecule has 0 amide bonds. The third-order valence-corrected chi connectivity index (χ3v) is 13.7. The first-order valence-corrected chi connectivity index (χ1v) is 16.5. The molecule has 4 heteroatoms. The summed E-state index contributed by atoms with van der Waals surface area (Å²) >= 11 is 2.03. The van der Waals surface area contributed by atoms with Crippen molar-refractivity contribution in [3.63, 3.8) is 0 Å². The van der Waals surface area contributed by atoms with E-state index in [0.29, 0.717) is 23.4 Å². The topological polar surface area (TPSA) is 35.5 Å². The van der Waals surface area contributed by atoms with Crippen LogP contribution in [0.1, 0.15) is 119 Å². The molecule has 0 radical (unpaired) electrons. The summed E-state index contributed by atoms with van der Waals surface area (Å²) in [5.41, 5.74) is 0.918. The number of carbonyl (C=O) groups excluding carboxylic acids is 1. The van der Waals surface area contributed by atoms with Gasteiger partial charge in [0.05, 0.1) is 6.61 Å². The Kier molecular flexibility index (Phi) is 7.90. The van der Waals surface area contributed by atoms with Crippen LogP contribution >= 0.6 is 11.8 Å². The first-order valence-electron chi connectivity index (χ1n) is 15.5. The third kappa shape index (κ3) is 4.71. The van der Waals surface area contributed by atoms with Crippen molar-refractivity contribution in [1.29, 1.82) is 0 Å². The van der Waals surface area contributed by atoms with Crippen molar-refractivity contribution < 1.29 is 14.3 Å². The van der Waals surface area contributed by atoms with Crippen LogP contribution < -0.4 is 0 Å². The quantitative estimate of drug-likeness (QED) is 0.330. The van der Waals surface area contributed by atoms with Crippen LogP contribution in [0.2, 0.25) is 0 Å². The fourth-order valence-electron chi connectivity index (χ4n) is 10.6. The van der Waals surface area contributed by atoms with E-state index in [4.69, 9.17) is 9.47 Å². The maximum atomic E-state index is 11.6. The molecule has 1 saturated heterocycles. The minimum atomic E-state index is -0.172. The van der Waals surface area contributed by atoms with E-state index in [1.807, 2.05) is 11.8 Å². The predicted molar refractivity (Wildman–Crippen MR) is 150 cm³/mol. The van der Waals surface area contributed by atoms with Gasteiger partial charge in [-0.1, -0.05) is 66.7 Å². The lowest BCUT2D eigenvalue weighted by atomic mass is 9.43. The molecule has 0 aromatic rings. The molecule has 4 saturated carbocycles. The number of hydrogen-bond acceptors (Lipinski definition) is 4. The van der Waals surface area contributed by atoms with Crippen LogP contribution in [-0.2, 0) is 14.3 Å². The van der Waals surface area contributed by atoms with Gasteiger partial charge in [0.2, 0.25) is 0 Å². The highest BCUT2D eigenvalue weighted by atomic mass is 32.2. The molecule has 4 aliphatic carbocycles.